The van der Waals surface area contributed by atoms with Gasteiger partial charge in [0.05, 0.1) is 40.4 Å². The fourth-order valence-corrected chi connectivity index (χ4v) is 8.13. The van der Waals surface area contributed by atoms with E-state index in [9.17, 15) is 21.6 Å². The molecule has 0 saturated carbocycles. The summed E-state index contributed by atoms with van der Waals surface area (Å²) in [4.78, 5) is 14.0. The standard InChI is InChI=1S/C32H32ClN3O6S2/c1-23-9-15-26(16-10-23)44(40,41)36(22-24-11-13-25(33)14-12-24)30-8-4-3-7-28(30)32(37)34-29-21-27(17-18-31(29)42-2)43(38,39)35-19-5-6-20-35/h3-4,7-18,21H,5-6,19-20,22H2,1-2H3,(H,34,37). The quantitative estimate of drug-likeness (QED) is 0.222. The molecular formula is C32H32ClN3O6S2. The predicted octanol–water partition coefficient (Wildman–Crippen LogP) is 6.09. The van der Waals surface area contributed by atoms with E-state index in [2.05, 4.69) is 5.32 Å². The topological polar surface area (TPSA) is 113 Å². The van der Waals surface area contributed by atoms with Crippen LogP contribution in [0.5, 0.6) is 5.75 Å². The summed E-state index contributed by atoms with van der Waals surface area (Å²) in [5.74, 6) is -0.392. The van der Waals surface area contributed by atoms with E-state index in [1.165, 1.54) is 52.1 Å². The normalized spacial score (nSPS) is 13.9. The highest BCUT2D eigenvalue weighted by atomic mass is 35.5. The fraction of sp³-hybridized carbons (Fsp3) is 0.219. The number of halogens is 1. The molecule has 0 aliphatic carbocycles. The van der Waals surface area contributed by atoms with Gasteiger partial charge in [0.25, 0.3) is 15.9 Å². The number of para-hydroxylation sites is 1. The molecule has 4 aromatic rings. The summed E-state index contributed by atoms with van der Waals surface area (Å²) in [7, 11) is -6.50. The number of hydrogen-bond acceptors (Lipinski definition) is 6. The zero-order valence-electron chi connectivity index (χ0n) is 24.2. The second kappa shape index (κ2) is 13.0. The maximum atomic E-state index is 14.1. The van der Waals surface area contributed by atoms with Crippen molar-refractivity contribution in [3.63, 3.8) is 0 Å². The number of sulfonamides is 2. The lowest BCUT2D eigenvalue weighted by atomic mass is 10.1. The molecular weight excluding hydrogens is 622 g/mol. The molecule has 1 aliphatic heterocycles. The van der Waals surface area contributed by atoms with Gasteiger partial charge in [-0.25, -0.2) is 16.8 Å². The number of aryl methyl sites for hydroxylation is 1. The van der Waals surface area contributed by atoms with Crippen LogP contribution >= 0.6 is 11.6 Å². The van der Waals surface area contributed by atoms with E-state index in [-0.39, 0.29) is 39.0 Å². The molecule has 0 aromatic heterocycles. The van der Waals surface area contributed by atoms with Gasteiger partial charge in [0.1, 0.15) is 5.75 Å². The van der Waals surface area contributed by atoms with Gasteiger partial charge < -0.3 is 10.1 Å². The third kappa shape index (κ3) is 6.61. The Hall–Kier alpha value is -3.90. The van der Waals surface area contributed by atoms with Gasteiger partial charge in [-0.3, -0.25) is 9.10 Å². The molecule has 0 spiro atoms. The van der Waals surface area contributed by atoms with Crippen LogP contribution in [0, 0.1) is 6.92 Å². The molecule has 1 N–H and O–H groups in total. The highest BCUT2D eigenvalue weighted by molar-refractivity contribution is 7.92. The van der Waals surface area contributed by atoms with Crippen molar-refractivity contribution in [3.05, 3.63) is 113 Å². The van der Waals surface area contributed by atoms with Crippen LogP contribution in [0.25, 0.3) is 0 Å². The van der Waals surface area contributed by atoms with E-state index >= 15 is 0 Å². The summed E-state index contributed by atoms with van der Waals surface area (Å²) < 4.78 is 62.7. The molecule has 1 heterocycles. The highest BCUT2D eigenvalue weighted by Gasteiger charge is 2.30. The monoisotopic (exact) mass is 653 g/mol. The smallest absolute Gasteiger partial charge is 0.264 e. The van der Waals surface area contributed by atoms with Gasteiger partial charge in [-0.15, -0.1) is 0 Å². The zero-order valence-corrected chi connectivity index (χ0v) is 26.6. The van der Waals surface area contributed by atoms with Crippen LogP contribution in [0.3, 0.4) is 0 Å². The van der Waals surface area contributed by atoms with Gasteiger partial charge in [0.15, 0.2) is 0 Å². The third-order valence-electron chi connectivity index (χ3n) is 7.39. The third-order valence-corrected chi connectivity index (χ3v) is 11.3. The molecule has 0 unspecified atom stereocenters. The number of amides is 1. The Balaban J connectivity index is 1.55. The van der Waals surface area contributed by atoms with Crippen molar-refractivity contribution in [2.45, 2.75) is 36.1 Å². The fourth-order valence-electron chi connectivity index (χ4n) is 4.99. The van der Waals surface area contributed by atoms with Crippen molar-refractivity contribution < 1.29 is 26.4 Å². The lowest BCUT2D eigenvalue weighted by Crippen LogP contribution is -2.32. The number of nitrogens with zero attached hydrogens (tertiary/aromatic N) is 2. The molecule has 12 heteroatoms. The number of nitrogens with one attached hydrogen (secondary N) is 1. The maximum Gasteiger partial charge on any atom is 0.264 e. The Labute approximate surface area is 263 Å². The summed E-state index contributed by atoms with van der Waals surface area (Å²) in [5, 5.41) is 3.26. The summed E-state index contributed by atoms with van der Waals surface area (Å²) in [6.45, 7) is 2.65. The van der Waals surface area contributed by atoms with Crippen LogP contribution in [0.2, 0.25) is 5.02 Å². The number of hydrogen-bond donors (Lipinski definition) is 1. The van der Waals surface area contributed by atoms with Crippen molar-refractivity contribution in [2.24, 2.45) is 0 Å². The average molecular weight is 654 g/mol. The molecule has 5 rings (SSSR count). The van der Waals surface area contributed by atoms with Gasteiger partial charge in [-0.2, -0.15) is 4.31 Å². The van der Waals surface area contributed by atoms with Crippen molar-refractivity contribution in [2.75, 3.05) is 29.8 Å². The number of benzene rings is 4. The van der Waals surface area contributed by atoms with E-state index < -0.39 is 26.0 Å². The predicted molar refractivity (Wildman–Crippen MR) is 171 cm³/mol. The Morgan fingerprint density at radius 3 is 2.18 bits per heavy atom. The summed E-state index contributed by atoms with van der Waals surface area (Å²) in [6.07, 6.45) is 1.57. The average Bonchev–Trinajstić information content (AvgIpc) is 3.57. The van der Waals surface area contributed by atoms with Crippen LogP contribution < -0.4 is 14.4 Å². The molecule has 4 aromatic carbocycles. The maximum absolute atomic E-state index is 14.1. The Morgan fingerprint density at radius 2 is 1.52 bits per heavy atom. The minimum absolute atomic E-state index is 0.0232. The van der Waals surface area contributed by atoms with E-state index in [0.717, 1.165) is 18.4 Å². The van der Waals surface area contributed by atoms with Crippen LogP contribution in [-0.4, -0.2) is 47.2 Å². The van der Waals surface area contributed by atoms with E-state index in [0.29, 0.717) is 23.7 Å². The van der Waals surface area contributed by atoms with Crippen molar-refractivity contribution >= 4 is 48.9 Å². The number of anilines is 2. The number of ether oxygens (including phenoxy) is 1. The first-order valence-corrected chi connectivity index (χ1v) is 17.2. The van der Waals surface area contributed by atoms with Gasteiger partial charge in [-0.1, -0.05) is 53.6 Å². The lowest BCUT2D eigenvalue weighted by molar-refractivity contribution is 0.102. The van der Waals surface area contributed by atoms with Gasteiger partial charge >= 0.3 is 0 Å². The molecule has 0 radical (unpaired) electrons. The highest BCUT2D eigenvalue weighted by Crippen LogP contribution is 2.33. The molecule has 0 atom stereocenters. The first kappa shape index (κ1) is 31.5. The molecule has 0 bridgehead atoms. The minimum Gasteiger partial charge on any atom is -0.495 e. The van der Waals surface area contributed by atoms with Crippen LogP contribution in [0.15, 0.2) is 101 Å². The van der Waals surface area contributed by atoms with Crippen molar-refractivity contribution in [3.8, 4) is 5.75 Å². The minimum atomic E-state index is -4.15. The Kier molecular flexibility index (Phi) is 9.31. The van der Waals surface area contributed by atoms with Gasteiger partial charge in [-0.05, 0) is 79.9 Å². The number of carbonyl (C=O) groups excluding carboxylic acids is 1. The van der Waals surface area contributed by atoms with Crippen LogP contribution in [0.1, 0.15) is 34.3 Å². The Bertz CT molecular complexity index is 1870. The first-order chi connectivity index (χ1) is 21.0. The van der Waals surface area contributed by atoms with E-state index in [4.69, 9.17) is 16.3 Å². The van der Waals surface area contributed by atoms with E-state index in [1.54, 1.807) is 54.6 Å². The first-order valence-electron chi connectivity index (χ1n) is 13.9. The van der Waals surface area contributed by atoms with Gasteiger partial charge in [0.2, 0.25) is 10.0 Å². The van der Waals surface area contributed by atoms with Crippen LogP contribution in [-0.2, 0) is 26.6 Å². The van der Waals surface area contributed by atoms with Crippen molar-refractivity contribution in [1.29, 1.82) is 0 Å². The summed E-state index contributed by atoms with van der Waals surface area (Å²) in [6, 6.07) is 23.9. The Morgan fingerprint density at radius 1 is 0.886 bits per heavy atom. The van der Waals surface area contributed by atoms with Gasteiger partial charge in [0, 0.05) is 18.1 Å². The zero-order chi connectivity index (χ0) is 31.5. The summed E-state index contributed by atoms with van der Waals surface area (Å²) >= 11 is 6.08. The molecule has 44 heavy (non-hydrogen) atoms. The molecule has 9 nitrogen and oxygen atoms in total. The van der Waals surface area contributed by atoms with Crippen LogP contribution in [0.4, 0.5) is 11.4 Å². The van der Waals surface area contributed by atoms with Crippen molar-refractivity contribution in [1.82, 2.24) is 4.31 Å². The molecule has 1 amide bonds. The molecule has 1 aliphatic rings. The van der Waals surface area contributed by atoms with E-state index in [1.807, 2.05) is 6.92 Å². The SMILES string of the molecule is COc1ccc(S(=O)(=O)N2CCCC2)cc1NC(=O)c1ccccc1N(Cc1ccc(Cl)cc1)S(=O)(=O)c1ccc(C)cc1. The molecule has 230 valence electrons. The lowest BCUT2D eigenvalue weighted by Gasteiger charge is -2.27. The number of carbonyl (C=O) groups is 1. The second-order valence-electron chi connectivity index (χ2n) is 10.4. The summed E-state index contributed by atoms with van der Waals surface area (Å²) in [5.41, 5.74) is 1.89. The second-order valence-corrected chi connectivity index (χ2v) is 14.6. The molecule has 1 saturated heterocycles. The number of rotatable bonds is 10. The largest absolute Gasteiger partial charge is 0.495 e. The molecule has 1 fully saturated rings. The number of methoxy groups -OCH3 is 1.